The number of rotatable bonds is 5. The molecule has 2 atom stereocenters. The van der Waals surface area contributed by atoms with E-state index < -0.39 is 16.2 Å². The lowest BCUT2D eigenvalue weighted by Crippen LogP contribution is -2.44. The molecule has 1 aromatic heterocycles. The number of nitrogens with two attached hydrogens (primary N) is 2. The first-order chi connectivity index (χ1) is 11.5. The summed E-state index contributed by atoms with van der Waals surface area (Å²) in [6, 6.07) is 5.06. The van der Waals surface area contributed by atoms with Crippen LogP contribution in [0, 0.1) is 5.92 Å². The van der Waals surface area contributed by atoms with Crippen molar-refractivity contribution in [2.24, 2.45) is 17.4 Å². The molecule has 1 unspecified atom stereocenters. The molecule has 0 amide bonds. The van der Waals surface area contributed by atoms with Crippen molar-refractivity contribution in [2.75, 3.05) is 13.1 Å². The van der Waals surface area contributed by atoms with Gasteiger partial charge in [0.1, 0.15) is 0 Å². The molecule has 0 spiro atoms. The molecule has 8 heteroatoms. The van der Waals surface area contributed by atoms with Crippen molar-refractivity contribution in [2.45, 2.75) is 30.3 Å². The number of nitrogens with zero attached hydrogens (tertiary/aromatic N) is 2. The monoisotopic (exact) mass is 368 g/mol. The van der Waals surface area contributed by atoms with Gasteiger partial charge < -0.3 is 11.5 Å². The van der Waals surface area contributed by atoms with Gasteiger partial charge in [0, 0.05) is 29.7 Å². The van der Waals surface area contributed by atoms with Crippen molar-refractivity contribution in [1.82, 2.24) is 9.29 Å². The molecule has 0 radical (unpaired) electrons. The second-order valence-corrected chi connectivity index (χ2v) is 8.33. The molecule has 2 aromatic rings. The Bertz CT molecular complexity index is 838. The van der Waals surface area contributed by atoms with Crippen LogP contribution in [0.4, 0.5) is 0 Å². The van der Waals surface area contributed by atoms with Gasteiger partial charge >= 0.3 is 0 Å². The van der Waals surface area contributed by atoms with Crippen LogP contribution in [0.15, 0.2) is 35.5 Å². The maximum Gasteiger partial charge on any atom is 0.245 e. The van der Waals surface area contributed by atoms with Crippen LogP contribution in [-0.4, -0.2) is 37.0 Å². The van der Waals surface area contributed by atoms with E-state index in [0.29, 0.717) is 28.9 Å². The summed E-state index contributed by atoms with van der Waals surface area (Å²) >= 11 is 6.22. The predicted molar refractivity (Wildman–Crippen MR) is 95.0 cm³/mol. The Morgan fingerprint density at radius 3 is 2.88 bits per heavy atom. The second kappa shape index (κ2) is 6.93. The average Bonchev–Trinajstić information content (AvgIpc) is 2.94. The van der Waals surface area contributed by atoms with Gasteiger partial charge in [0.05, 0.1) is 16.1 Å². The highest BCUT2D eigenvalue weighted by atomic mass is 35.5. The summed E-state index contributed by atoms with van der Waals surface area (Å²) in [5.41, 5.74) is 11.8. The van der Waals surface area contributed by atoms with Gasteiger partial charge in [0.25, 0.3) is 0 Å². The zero-order valence-corrected chi connectivity index (χ0v) is 14.8. The Hall–Kier alpha value is -1.25. The van der Waals surface area contributed by atoms with Crippen LogP contribution in [0.2, 0.25) is 5.02 Å². The summed E-state index contributed by atoms with van der Waals surface area (Å²) in [7, 11) is -3.73. The molecule has 1 aromatic carbocycles. The van der Waals surface area contributed by atoms with Crippen molar-refractivity contribution in [3.8, 4) is 0 Å². The van der Waals surface area contributed by atoms with Crippen molar-refractivity contribution in [3.63, 3.8) is 0 Å². The number of halogens is 1. The van der Waals surface area contributed by atoms with E-state index in [2.05, 4.69) is 4.98 Å². The maximum absolute atomic E-state index is 13.2. The summed E-state index contributed by atoms with van der Waals surface area (Å²) in [4.78, 5) is 4.20. The molecule has 2 heterocycles. The molecule has 1 aliphatic heterocycles. The summed E-state index contributed by atoms with van der Waals surface area (Å²) in [5.74, 6) is 0.135. The number of aromatic nitrogens is 1. The SMILES string of the molecule is NCCCC1CCN(S(=O)(=O)c2cccc3cncc(Cl)c23)[C@@H]1N. The molecule has 24 heavy (non-hydrogen) atoms. The third kappa shape index (κ3) is 3.02. The zero-order valence-electron chi connectivity index (χ0n) is 13.2. The summed E-state index contributed by atoms with van der Waals surface area (Å²) in [6.45, 7) is 1.000. The first kappa shape index (κ1) is 17.6. The normalized spacial score (nSPS) is 22.3. The molecule has 3 rings (SSSR count). The lowest BCUT2D eigenvalue weighted by Gasteiger charge is -2.24. The smallest absolute Gasteiger partial charge is 0.245 e. The number of sulfonamides is 1. The minimum absolute atomic E-state index is 0.135. The lowest BCUT2D eigenvalue weighted by molar-refractivity contribution is 0.330. The van der Waals surface area contributed by atoms with E-state index in [1.54, 1.807) is 24.4 Å². The molecular formula is C16H21ClN4O2S. The summed E-state index contributed by atoms with van der Waals surface area (Å²) in [6.07, 6.45) is 4.96. The fourth-order valence-electron chi connectivity index (χ4n) is 3.32. The minimum Gasteiger partial charge on any atom is -0.330 e. The first-order valence-corrected chi connectivity index (χ1v) is 9.78. The van der Waals surface area contributed by atoms with Crippen molar-refractivity contribution < 1.29 is 8.42 Å². The highest BCUT2D eigenvalue weighted by Gasteiger charge is 2.39. The largest absolute Gasteiger partial charge is 0.330 e. The van der Waals surface area contributed by atoms with Crippen LogP contribution in [0.5, 0.6) is 0 Å². The Kier molecular flexibility index (Phi) is 5.08. The van der Waals surface area contributed by atoms with E-state index in [9.17, 15) is 8.42 Å². The molecule has 130 valence electrons. The van der Waals surface area contributed by atoms with E-state index in [1.165, 1.54) is 10.5 Å². The van der Waals surface area contributed by atoms with Gasteiger partial charge in [-0.05, 0) is 37.8 Å². The minimum atomic E-state index is -3.73. The van der Waals surface area contributed by atoms with Crippen LogP contribution in [-0.2, 0) is 10.0 Å². The van der Waals surface area contributed by atoms with Gasteiger partial charge in [-0.3, -0.25) is 4.98 Å². The van der Waals surface area contributed by atoms with Gasteiger partial charge in [-0.25, -0.2) is 8.42 Å². The first-order valence-electron chi connectivity index (χ1n) is 7.96. The standard InChI is InChI=1S/C16H21ClN4O2S/c17-13-10-20-9-12-3-1-5-14(15(12)13)24(22,23)21-8-6-11(16(21)19)4-2-7-18/h1,3,5,9-11,16H,2,4,6-8,18-19H2/t11?,16-/m0/s1. The third-order valence-electron chi connectivity index (χ3n) is 4.60. The second-order valence-electron chi connectivity index (χ2n) is 6.06. The van der Waals surface area contributed by atoms with E-state index in [4.69, 9.17) is 23.1 Å². The molecular weight excluding hydrogens is 348 g/mol. The molecule has 0 bridgehead atoms. The maximum atomic E-state index is 13.2. The van der Waals surface area contributed by atoms with Gasteiger partial charge in [0.15, 0.2) is 0 Å². The van der Waals surface area contributed by atoms with Crippen LogP contribution >= 0.6 is 11.6 Å². The van der Waals surface area contributed by atoms with Crippen LogP contribution in [0.25, 0.3) is 10.8 Å². The Morgan fingerprint density at radius 1 is 1.33 bits per heavy atom. The highest BCUT2D eigenvalue weighted by molar-refractivity contribution is 7.89. The Labute approximate surface area is 146 Å². The fraction of sp³-hybridized carbons (Fsp3) is 0.438. The highest BCUT2D eigenvalue weighted by Crippen LogP contribution is 2.35. The van der Waals surface area contributed by atoms with Crippen LogP contribution < -0.4 is 11.5 Å². The molecule has 6 nitrogen and oxygen atoms in total. The number of hydrogen-bond acceptors (Lipinski definition) is 5. The summed E-state index contributed by atoms with van der Waals surface area (Å²) in [5, 5.41) is 1.50. The van der Waals surface area contributed by atoms with Gasteiger partial charge in [-0.1, -0.05) is 23.7 Å². The quantitative estimate of drug-likeness (QED) is 0.839. The molecule has 4 N–H and O–H groups in total. The zero-order chi connectivity index (χ0) is 17.3. The number of benzene rings is 1. The van der Waals surface area contributed by atoms with Crippen molar-refractivity contribution in [1.29, 1.82) is 0 Å². The van der Waals surface area contributed by atoms with E-state index in [1.807, 2.05) is 0 Å². The van der Waals surface area contributed by atoms with Crippen LogP contribution in [0.1, 0.15) is 19.3 Å². The fourth-order valence-corrected chi connectivity index (χ4v) is 5.47. The van der Waals surface area contributed by atoms with Gasteiger partial charge in [0.2, 0.25) is 10.0 Å². The third-order valence-corrected chi connectivity index (χ3v) is 6.83. The Morgan fingerprint density at radius 2 is 2.12 bits per heavy atom. The molecule has 1 saturated heterocycles. The number of pyridine rings is 1. The predicted octanol–water partition coefficient (Wildman–Crippen LogP) is 1.92. The van der Waals surface area contributed by atoms with Crippen molar-refractivity contribution >= 4 is 32.4 Å². The van der Waals surface area contributed by atoms with Crippen LogP contribution in [0.3, 0.4) is 0 Å². The topological polar surface area (TPSA) is 102 Å². The van der Waals surface area contributed by atoms with E-state index >= 15 is 0 Å². The molecule has 1 aliphatic rings. The number of fused-ring (bicyclic) bond motifs is 1. The number of hydrogen-bond donors (Lipinski definition) is 2. The molecule has 0 saturated carbocycles. The lowest BCUT2D eigenvalue weighted by atomic mass is 10.0. The molecule has 0 aliphatic carbocycles. The van der Waals surface area contributed by atoms with E-state index in [-0.39, 0.29) is 10.8 Å². The van der Waals surface area contributed by atoms with E-state index in [0.717, 1.165) is 19.3 Å². The molecule has 1 fully saturated rings. The summed E-state index contributed by atoms with van der Waals surface area (Å²) < 4.78 is 27.7. The Balaban J connectivity index is 2.01. The van der Waals surface area contributed by atoms with Gasteiger partial charge in [-0.15, -0.1) is 0 Å². The van der Waals surface area contributed by atoms with Crippen molar-refractivity contribution in [3.05, 3.63) is 35.6 Å². The van der Waals surface area contributed by atoms with Gasteiger partial charge in [-0.2, -0.15) is 4.31 Å². The average molecular weight is 369 g/mol.